The van der Waals surface area contributed by atoms with Gasteiger partial charge in [-0.25, -0.2) is 0 Å². The van der Waals surface area contributed by atoms with Crippen LogP contribution in [0.4, 0.5) is 5.69 Å². The fraction of sp³-hybridized carbons (Fsp3) is 0.412. The van der Waals surface area contributed by atoms with Crippen LogP contribution in [-0.4, -0.2) is 22.3 Å². The van der Waals surface area contributed by atoms with Crippen LogP contribution < -0.4 is 10.1 Å². The Morgan fingerprint density at radius 3 is 2.55 bits per heavy atom. The molecule has 1 aromatic heterocycles. The Balaban J connectivity index is 1.86. The van der Waals surface area contributed by atoms with E-state index in [0.717, 1.165) is 22.8 Å². The summed E-state index contributed by atoms with van der Waals surface area (Å²) in [6, 6.07) is 5.94. The molecule has 0 spiro atoms. The summed E-state index contributed by atoms with van der Waals surface area (Å²) in [4.78, 5) is 12.0. The molecule has 5 nitrogen and oxygen atoms in total. The number of carbonyl (C=O) groups excluding carboxylic acids is 1. The van der Waals surface area contributed by atoms with E-state index in [9.17, 15) is 4.79 Å². The number of rotatable bonds is 5. The van der Waals surface area contributed by atoms with Crippen molar-refractivity contribution in [3.05, 3.63) is 40.7 Å². The molecule has 0 aliphatic rings. The van der Waals surface area contributed by atoms with Gasteiger partial charge in [0, 0.05) is 7.05 Å². The number of aromatic nitrogens is 2. The molecule has 118 valence electrons. The van der Waals surface area contributed by atoms with Crippen LogP contribution in [0.15, 0.2) is 18.2 Å². The molecular weight excluding hydrogens is 278 g/mol. The number of aryl methyl sites for hydroxylation is 4. The van der Waals surface area contributed by atoms with Crippen molar-refractivity contribution in [2.24, 2.45) is 7.05 Å². The van der Waals surface area contributed by atoms with Crippen molar-refractivity contribution >= 4 is 11.6 Å². The summed E-state index contributed by atoms with van der Waals surface area (Å²) in [5.41, 5.74) is 4.97. The predicted octanol–water partition coefficient (Wildman–Crippen LogP) is 3.06. The number of benzene rings is 1. The normalized spacial score (nSPS) is 10.6. The van der Waals surface area contributed by atoms with Crippen molar-refractivity contribution < 1.29 is 9.53 Å². The first-order valence-electron chi connectivity index (χ1n) is 7.38. The zero-order valence-electron chi connectivity index (χ0n) is 13.9. The van der Waals surface area contributed by atoms with Gasteiger partial charge >= 0.3 is 0 Å². The van der Waals surface area contributed by atoms with E-state index in [1.54, 1.807) is 4.68 Å². The van der Waals surface area contributed by atoms with Crippen LogP contribution in [-0.2, 0) is 11.8 Å². The van der Waals surface area contributed by atoms with Gasteiger partial charge in [0.1, 0.15) is 5.75 Å². The highest BCUT2D eigenvalue weighted by Crippen LogP contribution is 2.19. The topological polar surface area (TPSA) is 56.1 Å². The molecule has 0 bridgehead atoms. The van der Waals surface area contributed by atoms with Gasteiger partial charge in [-0.3, -0.25) is 9.48 Å². The Morgan fingerprint density at radius 2 is 1.95 bits per heavy atom. The summed E-state index contributed by atoms with van der Waals surface area (Å²) in [6.07, 6.45) is 0.306. The van der Waals surface area contributed by atoms with Gasteiger partial charge < -0.3 is 10.1 Å². The van der Waals surface area contributed by atoms with Crippen LogP contribution in [0.3, 0.4) is 0 Å². The van der Waals surface area contributed by atoms with E-state index in [4.69, 9.17) is 4.74 Å². The van der Waals surface area contributed by atoms with Crippen molar-refractivity contribution in [3.63, 3.8) is 0 Å². The van der Waals surface area contributed by atoms with Crippen LogP contribution in [0.25, 0.3) is 0 Å². The van der Waals surface area contributed by atoms with E-state index in [2.05, 4.69) is 17.3 Å². The maximum atomic E-state index is 12.0. The summed E-state index contributed by atoms with van der Waals surface area (Å²) in [7, 11) is 1.86. The second-order valence-electron chi connectivity index (χ2n) is 5.56. The van der Waals surface area contributed by atoms with Crippen molar-refractivity contribution in [1.29, 1.82) is 0 Å². The molecule has 0 unspecified atom stereocenters. The van der Waals surface area contributed by atoms with Gasteiger partial charge in [-0.15, -0.1) is 0 Å². The molecular formula is C17H23N3O2. The SMILES string of the molecule is Cc1ccc(OCCC(=O)Nc2c(C)nn(C)c2C)cc1C. The first-order valence-corrected chi connectivity index (χ1v) is 7.38. The van der Waals surface area contributed by atoms with Crippen LogP contribution in [0.5, 0.6) is 5.75 Å². The van der Waals surface area contributed by atoms with Crippen molar-refractivity contribution in [3.8, 4) is 5.75 Å². The molecule has 0 aliphatic heterocycles. The molecule has 0 radical (unpaired) electrons. The van der Waals surface area contributed by atoms with Crippen molar-refractivity contribution in [1.82, 2.24) is 9.78 Å². The number of amides is 1. The zero-order chi connectivity index (χ0) is 16.3. The summed E-state index contributed by atoms with van der Waals surface area (Å²) < 4.78 is 7.39. The molecule has 5 heteroatoms. The highest BCUT2D eigenvalue weighted by molar-refractivity contribution is 5.91. The number of carbonyl (C=O) groups is 1. The van der Waals surface area contributed by atoms with Crippen molar-refractivity contribution in [2.75, 3.05) is 11.9 Å². The number of hydrogen-bond donors (Lipinski definition) is 1. The molecule has 22 heavy (non-hydrogen) atoms. The van der Waals surface area contributed by atoms with Gasteiger partial charge in [-0.2, -0.15) is 5.10 Å². The number of nitrogens with one attached hydrogen (secondary N) is 1. The van der Waals surface area contributed by atoms with Gasteiger partial charge in [0.2, 0.25) is 5.91 Å². The summed E-state index contributed by atoms with van der Waals surface area (Å²) in [5, 5.41) is 7.18. The fourth-order valence-corrected chi connectivity index (χ4v) is 2.22. The van der Waals surface area contributed by atoms with E-state index >= 15 is 0 Å². The Labute approximate surface area is 131 Å². The number of hydrogen-bond acceptors (Lipinski definition) is 3. The third-order valence-electron chi connectivity index (χ3n) is 3.85. The molecule has 0 aliphatic carbocycles. The van der Waals surface area contributed by atoms with E-state index < -0.39 is 0 Å². The van der Waals surface area contributed by atoms with Gasteiger partial charge in [0.15, 0.2) is 0 Å². The molecule has 0 saturated heterocycles. The molecule has 2 aromatic rings. The zero-order valence-corrected chi connectivity index (χ0v) is 13.9. The molecule has 2 rings (SSSR count). The van der Waals surface area contributed by atoms with Gasteiger partial charge in [-0.1, -0.05) is 6.07 Å². The molecule has 0 atom stereocenters. The number of nitrogens with zero attached hydrogens (tertiary/aromatic N) is 2. The maximum absolute atomic E-state index is 12.0. The Kier molecular flexibility index (Phi) is 4.85. The monoisotopic (exact) mass is 301 g/mol. The van der Waals surface area contributed by atoms with Crippen LogP contribution >= 0.6 is 0 Å². The first kappa shape index (κ1) is 16.1. The smallest absolute Gasteiger partial charge is 0.227 e. The van der Waals surface area contributed by atoms with Crippen LogP contribution in [0, 0.1) is 27.7 Å². The standard InChI is InChI=1S/C17H23N3O2/c1-11-6-7-15(10-12(11)2)22-9-8-16(21)18-17-13(3)19-20(5)14(17)4/h6-7,10H,8-9H2,1-5H3,(H,18,21). The second kappa shape index (κ2) is 6.64. The van der Waals surface area contributed by atoms with E-state index in [1.165, 1.54) is 11.1 Å². The minimum Gasteiger partial charge on any atom is -0.493 e. The Morgan fingerprint density at radius 1 is 1.23 bits per heavy atom. The van der Waals surface area contributed by atoms with E-state index in [-0.39, 0.29) is 5.91 Å². The minimum atomic E-state index is -0.0666. The van der Waals surface area contributed by atoms with Crippen molar-refractivity contribution in [2.45, 2.75) is 34.1 Å². The quantitative estimate of drug-likeness (QED) is 0.923. The van der Waals surface area contributed by atoms with Gasteiger partial charge in [0.25, 0.3) is 0 Å². The third-order valence-corrected chi connectivity index (χ3v) is 3.85. The average molecular weight is 301 g/mol. The lowest BCUT2D eigenvalue weighted by atomic mass is 10.1. The van der Waals surface area contributed by atoms with Gasteiger partial charge in [0.05, 0.1) is 30.1 Å². The number of ether oxygens (including phenoxy) is 1. The van der Waals surface area contributed by atoms with E-state index in [0.29, 0.717) is 13.0 Å². The average Bonchev–Trinajstić information content (AvgIpc) is 2.69. The van der Waals surface area contributed by atoms with Gasteiger partial charge in [-0.05, 0) is 51.0 Å². The molecule has 1 heterocycles. The summed E-state index contributed by atoms with van der Waals surface area (Å²) >= 11 is 0. The third kappa shape index (κ3) is 3.67. The second-order valence-corrected chi connectivity index (χ2v) is 5.56. The molecule has 0 saturated carbocycles. The molecule has 0 fully saturated rings. The largest absolute Gasteiger partial charge is 0.493 e. The maximum Gasteiger partial charge on any atom is 0.227 e. The lowest BCUT2D eigenvalue weighted by molar-refractivity contribution is -0.116. The lowest BCUT2D eigenvalue weighted by Gasteiger charge is -2.09. The predicted molar refractivity (Wildman–Crippen MR) is 87.3 cm³/mol. The lowest BCUT2D eigenvalue weighted by Crippen LogP contribution is -2.16. The minimum absolute atomic E-state index is 0.0666. The van der Waals surface area contributed by atoms with Crippen LogP contribution in [0.1, 0.15) is 28.9 Å². The molecule has 1 N–H and O–H groups in total. The fourth-order valence-electron chi connectivity index (χ4n) is 2.22. The summed E-state index contributed by atoms with van der Waals surface area (Å²) in [6.45, 7) is 8.27. The first-order chi connectivity index (χ1) is 10.4. The summed E-state index contributed by atoms with van der Waals surface area (Å²) in [5.74, 6) is 0.729. The Bertz CT molecular complexity index is 689. The Hall–Kier alpha value is -2.30. The highest BCUT2D eigenvalue weighted by atomic mass is 16.5. The molecule has 1 aromatic carbocycles. The molecule has 1 amide bonds. The highest BCUT2D eigenvalue weighted by Gasteiger charge is 2.12. The van der Waals surface area contributed by atoms with E-state index in [1.807, 2.05) is 46.0 Å². The van der Waals surface area contributed by atoms with Crippen LogP contribution in [0.2, 0.25) is 0 Å². The number of anilines is 1.